The van der Waals surface area contributed by atoms with Crippen LogP contribution in [-0.4, -0.2) is 32.3 Å². The minimum Gasteiger partial charge on any atom is -0.454 e. The summed E-state index contributed by atoms with van der Waals surface area (Å²) in [6, 6.07) is 13.4. The molecule has 0 bridgehead atoms. The smallest absolute Gasteiger partial charge is 0.251 e. The Kier molecular flexibility index (Phi) is 8.37. The van der Waals surface area contributed by atoms with Crippen molar-refractivity contribution < 1.29 is 14.3 Å². The van der Waals surface area contributed by atoms with Gasteiger partial charge in [0.2, 0.25) is 6.79 Å². The van der Waals surface area contributed by atoms with E-state index in [-0.39, 0.29) is 36.7 Å². The van der Waals surface area contributed by atoms with Gasteiger partial charge in [0.05, 0.1) is 0 Å². The summed E-state index contributed by atoms with van der Waals surface area (Å²) in [5.41, 5.74) is 2.73. The summed E-state index contributed by atoms with van der Waals surface area (Å²) in [6.07, 6.45) is 0. The molecule has 8 heteroatoms. The number of ether oxygens (including phenoxy) is 2. The average molecular weight is 496 g/mol. The van der Waals surface area contributed by atoms with Crippen LogP contribution in [0.1, 0.15) is 28.4 Å². The number of amides is 1. The normalized spacial score (nSPS) is 12.1. The number of fused-ring (bicyclic) bond motifs is 1. The van der Waals surface area contributed by atoms with Crippen molar-refractivity contribution in [3.8, 4) is 11.5 Å². The molecule has 0 saturated heterocycles. The number of halogens is 1. The fourth-order valence-corrected chi connectivity index (χ4v) is 2.73. The van der Waals surface area contributed by atoms with E-state index in [1.54, 1.807) is 13.1 Å². The maximum atomic E-state index is 11.9. The summed E-state index contributed by atoms with van der Waals surface area (Å²) in [5.74, 6) is 2.15. The quantitative estimate of drug-likeness (QED) is 0.326. The number of carbonyl (C=O) groups excluding carboxylic acids is 1. The summed E-state index contributed by atoms with van der Waals surface area (Å²) >= 11 is 0. The van der Waals surface area contributed by atoms with Gasteiger partial charge in [0, 0.05) is 32.2 Å². The molecule has 1 heterocycles. The number of carbonyl (C=O) groups is 1. The molecule has 1 amide bonds. The van der Waals surface area contributed by atoms with E-state index in [9.17, 15) is 4.79 Å². The van der Waals surface area contributed by atoms with E-state index in [4.69, 9.17) is 9.47 Å². The molecule has 0 aromatic heterocycles. The third kappa shape index (κ3) is 5.75. The molecule has 0 fully saturated rings. The monoisotopic (exact) mass is 496 g/mol. The third-order valence-electron chi connectivity index (χ3n) is 4.11. The largest absolute Gasteiger partial charge is 0.454 e. The van der Waals surface area contributed by atoms with Crippen molar-refractivity contribution in [2.75, 3.05) is 20.4 Å². The number of nitrogens with one attached hydrogen (secondary N) is 3. The molecule has 0 atom stereocenters. The lowest BCUT2D eigenvalue weighted by Crippen LogP contribution is -2.36. The lowest BCUT2D eigenvalue weighted by molar-refractivity contribution is 0.0955. The van der Waals surface area contributed by atoms with Gasteiger partial charge in [0.25, 0.3) is 5.91 Å². The van der Waals surface area contributed by atoms with E-state index in [0.29, 0.717) is 31.2 Å². The molecule has 7 nitrogen and oxygen atoms in total. The van der Waals surface area contributed by atoms with Crippen LogP contribution in [0.5, 0.6) is 11.5 Å². The molecule has 3 rings (SSSR count). The SMILES string of the molecule is CCNC(=O)c1cccc(CNC(=NC)NCc2ccc3c(c2)OCO3)c1.I. The van der Waals surface area contributed by atoms with Crippen molar-refractivity contribution in [1.29, 1.82) is 0 Å². The Hall–Kier alpha value is -2.49. The lowest BCUT2D eigenvalue weighted by Gasteiger charge is -2.13. The van der Waals surface area contributed by atoms with E-state index in [2.05, 4.69) is 20.9 Å². The van der Waals surface area contributed by atoms with Crippen molar-refractivity contribution in [3.63, 3.8) is 0 Å². The summed E-state index contributed by atoms with van der Waals surface area (Å²) in [7, 11) is 1.72. The van der Waals surface area contributed by atoms with Crippen LogP contribution in [-0.2, 0) is 13.1 Å². The van der Waals surface area contributed by atoms with Gasteiger partial charge in [-0.05, 0) is 42.3 Å². The van der Waals surface area contributed by atoms with Crippen LogP contribution < -0.4 is 25.4 Å². The van der Waals surface area contributed by atoms with Crippen LogP contribution in [0.3, 0.4) is 0 Å². The van der Waals surface area contributed by atoms with Gasteiger partial charge < -0.3 is 25.4 Å². The molecule has 2 aromatic rings. The van der Waals surface area contributed by atoms with Crippen molar-refractivity contribution in [3.05, 3.63) is 59.2 Å². The summed E-state index contributed by atoms with van der Waals surface area (Å²) in [4.78, 5) is 16.2. The fourth-order valence-electron chi connectivity index (χ4n) is 2.73. The van der Waals surface area contributed by atoms with E-state index < -0.39 is 0 Å². The second kappa shape index (κ2) is 10.7. The maximum Gasteiger partial charge on any atom is 0.251 e. The van der Waals surface area contributed by atoms with Crippen molar-refractivity contribution in [1.82, 2.24) is 16.0 Å². The van der Waals surface area contributed by atoms with Crippen LogP contribution in [0.2, 0.25) is 0 Å². The minimum absolute atomic E-state index is 0. The van der Waals surface area contributed by atoms with Crippen LogP contribution in [0.4, 0.5) is 0 Å². The van der Waals surface area contributed by atoms with Gasteiger partial charge in [-0.15, -0.1) is 24.0 Å². The highest BCUT2D eigenvalue weighted by Gasteiger charge is 2.13. The molecule has 0 spiro atoms. The van der Waals surface area contributed by atoms with Crippen molar-refractivity contribution in [2.24, 2.45) is 4.99 Å². The van der Waals surface area contributed by atoms with Crippen LogP contribution >= 0.6 is 24.0 Å². The van der Waals surface area contributed by atoms with E-state index in [1.807, 2.05) is 43.3 Å². The van der Waals surface area contributed by atoms with Gasteiger partial charge in [0.15, 0.2) is 17.5 Å². The van der Waals surface area contributed by atoms with Gasteiger partial charge >= 0.3 is 0 Å². The molecule has 1 aliphatic heterocycles. The highest BCUT2D eigenvalue weighted by Crippen LogP contribution is 2.32. The number of aliphatic imine (C=N–C) groups is 1. The van der Waals surface area contributed by atoms with Crippen LogP contribution in [0.15, 0.2) is 47.5 Å². The van der Waals surface area contributed by atoms with Gasteiger partial charge in [-0.3, -0.25) is 9.79 Å². The van der Waals surface area contributed by atoms with Gasteiger partial charge in [-0.25, -0.2) is 0 Å². The first kappa shape index (κ1) is 21.8. The number of nitrogens with zero attached hydrogens (tertiary/aromatic N) is 1. The molecule has 0 unspecified atom stereocenters. The first-order valence-electron chi connectivity index (χ1n) is 8.89. The molecule has 1 aliphatic rings. The third-order valence-corrected chi connectivity index (χ3v) is 4.11. The summed E-state index contributed by atoms with van der Waals surface area (Å²) in [5, 5.41) is 9.33. The summed E-state index contributed by atoms with van der Waals surface area (Å²) in [6.45, 7) is 3.95. The summed E-state index contributed by atoms with van der Waals surface area (Å²) < 4.78 is 10.7. The Morgan fingerprint density at radius 3 is 2.43 bits per heavy atom. The Labute approximate surface area is 181 Å². The molecule has 150 valence electrons. The predicted molar refractivity (Wildman–Crippen MR) is 119 cm³/mol. The topological polar surface area (TPSA) is 84.0 Å². The molecular weight excluding hydrogens is 471 g/mol. The highest BCUT2D eigenvalue weighted by molar-refractivity contribution is 14.0. The van der Waals surface area contributed by atoms with Gasteiger partial charge in [-0.1, -0.05) is 18.2 Å². The number of benzene rings is 2. The Balaban J connectivity index is 0.00000280. The van der Waals surface area contributed by atoms with Crippen LogP contribution in [0, 0.1) is 0 Å². The van der Waals surface area contributed by atoms with Gasteiger partial charge in [-0.2, -0.15) is 0 Å². The van der Waals surface area contributed by atoms with Crippen molar-refractivity contribution in [2.45, 2.75) is 20.0 Å². The van der Waals surface area contributed by atoms with E-state index in [0.717, 1.165) is 22.6 Å². The molecule has 0 aliphatic carbocycles. The van der Waals surface area contributed by atoms with E-state index >= 15 is 0 Å². The first-order chi connectivity index (χ1) is 13.2. The molecule has 0 radical (unpaired) electrons. The van der Waals surface area contributed by atoms with Gasteiger partial charge in [0.1, 0.15) is 0 Å². The van der Waals surface area contributed by atoms with Crippen LogP contribution in [0.25, 0.3) is 0 Å². The Bertz CT molecular complexity index is 842. The second-order valence-electron chi connectivity index (χ2n) is 6.03. The standard InChI is InChI=1S/C20H24N4O3.HI/c1-3-22-19(25)16-6-4-5-14(9-16)11-23-20(21-2)24-12-15-7-8-17-18(10-15)27-13-26-17;/h4-10H,3,11-13H2,1-2H3,(H,22,25)(H2,21,23,24);1H. The zero-order chi connectivity index (χ0) is 19.1. The number of guanidine groups is 1. The lowest BCUT2D eigenvalue weighted by atomic mass is 10.1. The fraction of sp³-hybridized carbons (Fsp3) is 0.300. The highest BCUT2D eigenvalue weighted by atomic mass is 127. The maximum absolute atomic E-state index is 11.9. The molecule has 0 saturated carbocycles. The average Bonchev–Trinajstić information content (AvgIpc) is 3.16. The number of hydrogen-bond donors (Lipinski definition) is 3. The molecule has 3 N–H and O–H groups in total. The number of hydrogen-bond acceptors (Lipinski definition) is 4. The zero-order valence-electron chi connectivity index (χ0n) is 16.0. The number of rotatable bonds is 6. The van der Waals surface area contributed by atoms with E-state index in [1.165, 1.54) is 0 Å². The Morgan fingerprint density at radius 1 is 1.00 bits per heavy atom. The second-order valence-corrected chi connectivity index (χ2v) is 6.03. The molecule has 28 heavy (non-hydrogen) atoms. The first-order valence-corrected chi connectivity index (χ1v) is 8.89. The van der Waals surface area contributed by atoms with Crippen molar-refractivity contribution >= 4 is 35.8 Å². The minimum atomic E-state index is -0.0651. The zero-order valence-corrected chi connectivity index (χ0v) is 18.3. The predicted octanol–water partition coefficient (Wildman–Crippen LogP) is 2.65. The Morgan fingerprint density at radius 2 is 1.71 bits per heavy atom. The molecular formula is C20H25IN4O3. The molecule has 2 aromatic carbocycles.